The molecule has 49 heavy (non-hydrogen) atoms. The lowest BCUT2D eigenvalue weighted by Crippen LogP contribution is -2.47. The van der Waals surface area contributed by atoms with Crippen molar-refractivity contribution in [2.45, 2.75) is 42.8 Å². The number of benzene rings is 3. The van der Waals surface area contributed by atoms with Crippen LogP contribution in [0.5, 0.6) is 5.75 Å². The first-order chi connectivity index (χ1) is 23.6. The van der Waals surface area contributed by atoms with Crippen molar-refractivity contribution in [1.29, 1.82) is 5.26 Å². The van der Waals surface area contributed by atoms with Crippen LogP contribution in [0.2, 0.25) is 0 Å². The van der Waals surface area contributed by atoms with Crippen molar-refractivity contribution in [3.8, 4) is 11.8 Å². The number of methoxy groups -OCH3 is 1. The number of carbonyl (C=O) groups excluding carboxylic acids is 1. The maximum absolute atomic E-state index is 15.7. The Bertz CT molecular complexity index is 1870. The minimum absolute atomic E-state index is 0.0396. The van der Waals surface area contributed by atoms with Gasteiger partial charge in [-0.05, 0) is 56.3 Å². The molecule has 2 heterocycles. The van der Waals surface area contributed by atoms with Gasteiger partial charge in [-0.2, -0.15) is 10.4 Å². The third-order valence-corrected chi connectivity index (χ3v) is 9.43. The average molecular weight is 691 g/mol. The normalized spacial score (nSPS) is 18.2. The molecule has 3 aromatic carbocycles. The fourth-order valence-electron chi connectivity index (χ4n) is 5.40. The third-order valence-electron chi connectivity index (χ3n) is 7.98. The van der Waals surface area contributed by atoms with Gasteiger partial charge in [0.25, 0.3) is 0 Å². The summed E-state index contributed by atoms with van der Waals surface area (Å²) in [5.41, 5.74) is -0.424. The molecule has 5 rings (SSSR count). The fourth-order valence-corrected chi connectivity index (χ4v) is 6.76. The van der Waals surface area contributed by atoms with E-state index in [1.54, 1.807) is 56.4 Å². The molecule has 0 saturated carbocycles. The van der Waals surface area contributed by atoms with E-state index in [9.17, 15) is 13.6 Å². The van der Waals surface area contributed by atoms with Gasteiger partial charge in [0, 0.05) is 28.0 Å². The second-order valence-corrected chi connectivity index (χ2v) is 12.8. The Hall–Kier alpha value is -4.90. The number of thioether (sulfide) groups is 1. The molecular formula is C36H33F3N4O5S. The van der Waals surface area contributed by atoms with Gasteiger partial charge in [-0.15, -0.1) is 11.8 Å². The minimum atomic E-state index is -1.70. The van der Waals surface area contributed by atoms with Crippen LogP contribution in [0.3, 0.4) is 0 Å². The summed E-state index contributed by atoms with van der Waals surface area (Å²) in [6.07, 6.45) is 8.59. The summed E-state index contributed by atoms with van der Waals surface area (Å²) in [4.78, 5) is 17.9. The number of ether oxygens (including phenoxy) is 4. The van der Waals surface area contributed by atoms with Crippen LogP contribution in [0.25, 0.3) is 6.08 Å². The monoisotopic (exact) mass is 690 g/mol. The Morgan fingerprint density at radius 2 is 1.94 bits per heavy atom. The zero-order chi connectivity index (χ0) is 35.0. The quantitative estimate of drug-likeness (QED) is 0.118. The Morgan fingerprint density at radius 1 is 1.14 bits per heavy atom. The van der Waals surface area contributed by atoms with E-state index < -0.39 is 40.6 Å². The molecule has 13 heteroatoms. The van der Waals surface area contributed by atoms with E-state index in [0.717, 1.165) is 12.1 Å². The molecule has 0 bridgehead atoms. The van der Waals surface area contributed by atoms with E-state index in [1.807, 2.05) is 6.07 Å². The highest BCUT2D eigenvalue weighted by Crippen LogP contribution is 2.42. The van der Waals surface area contributed by atoms with Crippen LogP contribution in [0.4, 0.5) is 13.2 Å². The fraction of sp³-hybridized carbons (Fsp3) is 0.278. The third kappa shape index (κ3) is 8.40. The van der Waals surface area contributed by atoms with Gasteiger partial charge in [0.05, 0.1) is 49.3 Å². The van der Waals surface area contributed by atoms with Gasteiger partial charge in [-0.1, -0.05) is 30.4 Å². The van der Waals surface area contributed by atoms with Gasteiger partial charge in [-0.25, -0.2) is 27.6 Å². The minimum Gasteiger partial charge on any atom is -0.496 e. The smallest absolute Gasteiger partial charge is 0.339 e. The summed E-state index contributed by atoms with van der Waals surface area (Å²) in [7, 11) is 1.49. The van der Waals surface area contributed by atoms with Crippen molar-refractivity contribution in [1.82, 2.24) is 14.8 Å². The lowest BCUT2D eigenvalue weighted by molar-refractivity contribution is -0.146. The summed E-state index contributed by atoms with van der Waals surface area (Å²) in [5, 5.41) is 12.2. The lowest BCUT2D eigenvalue weighted by Gasteiger charge is -2.40. The zero-order valence-electron chi connectivity index (χ0n) is 26.9. The molecule has 1 saturated heterocycles. The van der Waals surface area contributed by atoms with Crippen molar-refractivity contribution in [3.63, 3.8) is 0 Å². The van der Waals surface area contributed by atoms with E-state index in [1.165, 1.54) is 60.5 Å². The Balaban J connectivity index is 1.36. The number of rotatable bonds is 12. The van der Waals surface area contributed by atoms with Crippen LogP contribution < -0.4 is 4.74 Å². The maximum Gasteiger partial charge on any atom is 0.339 e. The molecule has 0 amide bonds. The number of carbonyl (C=O) groups is 1. The van der Waals surface area contributed by atoms with E-state index in [0.29, 0.717) is 16.9 Å². The van der Waals surface area contributed by atoms with Crippen molar-refractivity contribution in [3.05, 3.63) is 131 Å². The molecular weight excluding hydrogens is 657 g/mol. The number of nitriles is 1. The van der Waals surface area contributed by atoms with Gasteiger partial charge >= 0.3 is 5.97 Å². The van der Waals surface area contributed by atoms with Crippen LogP contribution in [0, 0.1) is 35.7 Å². The molecule has 254 valence electrons. The van der Waals surface area contributed by atoms with E-state index >= 15 is 4.39 Å². The number of hydrogen-bond acceptors (Lipinski definition) is 9. The van der Waals surface area contributed by atoms with Crippen molar-refractivity contribution in [2.24, 2.45) is 0 Å². The molecule has 0 aliphatic carbocycles. The second kappa shape index (κ2) is 16.0. The number of halogens is 3. The van der Waals surface area contributed by atoms with Crippen molar-refractivity contribution < 1.29 is 36.9 Å². The first-order valence-corrected chi connectivity index (χ1v) is 16.2. The molecule has 0 N–H and O–H groups in total. The second-order valence-electron chi connectivity index (χ2n) is 11.2. The van der Waals surface area contributed by atoms with E-state index in [2.05, 4.69) is 10.1 Å². The molecule has 4 aromatic rings. The van der Waals surface area contributed by atoms with Crippen LogP contribution in [0.15, 0.2) is 85.5 Å². The Morgan fingerprint density at radius 3 is 2.61 bits per heavy atom. The predicted octanol–water partition coefficient (Wildman–Crippen LogP) is 6.77. The van der Waals surface area contributed by atoms with Gasteiger partial charge in [0.1, 0.15) is 35.9 Å². The van der Waals surface area contributed by atoms with E-state index in [4.69, 9.17) is 24.2 Å². The molecule has 0 unspecified atom stereocenters. The molecule has 0 radical (unpaired) electrons. The first-order valence-electron chi connectivity index (χ1n) is 15.2. The lowest BCUT2D eigenvalue weighted by atomic mass is 9.89. The highest BCUT2D eigenvalue weighted by atomic mass is 32.2. The highest BCUT2D eigenvalue weighted by Gasteiger charge is 2.47. The van der Waals surface area contributed by atoms with E-state index in [-0.39, 0.29) is 41.7 Å². The summed E-state index contributed by atoms with van der Waals surface area (Å²) in [5.74, 6) is -2.44. The summed E-state index contributed by atoms with van der Waals surface area (Å²) in [6, 6.07) is 14.2. The first kappa shape index (κ1) is 35.4. The van der Waals surface area contributed by atoms with Gasteiger partial charge in [0.15, 0.2) is 11.9 Å². The SMILES string of the molecule is COc1cccc(C(=O)O[C@@](Cn2cncn2)(c2ccc(F)cc2F)[C@@H](C)SC2COC(/C=C/C=C/c3ccc(C#N)cc3F)OC2)c1C. The van der Waals surface area contributed by atoms with Crippen molar-refractivity contribution in [2.75, 3.05) is 20.3 Å². The largest absolute Gasteiger partial charge is 0.496 e. The topological polar surface area (TPSA) is 108 Å². The molecule has 1 fully saturated rings. The van der Waals surface area contributed by atoms with Gasteiger partial charge in [-0.3, -0.25) is 0 Å². The maximum atomic E-state index is 15.7. The number of allylic oxidation sites excluding steroid dienone is 2. The zero-order valence-corrected chi connectivity index (χ0v) is 27.7. The van der Waals surface area contributed by atoms with Gasteiger partial charge in [0.2, 0.25) is 0 Å². The number of nitrogens with zero attached hydrogens (tertiary/aromatic N) is 4. The number of hydrogen-bond donors (Lipinski definition) is 0. The van der Waals surface area contributed by atoms with Crippen molar-refractivity contribution >= 4 is 23.8 Å². The predicted molar refractivity (Wildman–Crippen MR) is 177 cm³/mol. The molecule has 2 atom stereocenters. The van der Waals surface area contributed by atoms with Crippen LogP contribution in [-0.2, 0) is 26.4 Å². The average Bonchev–Trinajstić information content (AvgIpc) is 3.60. The molecule has 1 aliphatic heterocycles. The van der Waals surface area contributed by atoms with Gasteiger partial charge < -0.3 is 18.9 Å². The van der Waals surface area contributed by atoms with Crippen LogP contribution in [-0.4, -0.2) is 57.8 Å². The Kier molecular flexibility index (Phi) is 11.6. The standard InChI is InChI=1S/C36H33F3N4O5S/c1-23-29(8-6-9-33(23)45-3)35(44)48-36(20-43-22-41-21-42-43,30-14-13-27(37)16-32(30)39)24(2)49-28-18-46-34(47-19-28)10-5-4-7-26-12-11-25(17-40)15-31(26)38/h4-16,21-22,24,28,34H,18-20H2,1-3H3/b7-4+,10-5+/t24-,28?,34?,36-/m1/s1. The summed E-state index contributed by atoms with van der Waals surface area (Å²) < 4.78 is 69.0. The van der Waals surface area contributed by atoms with Crippen LogP contribution in [0.1, 0.15) is 39.5 Å². The van der Waals surface area contributed by atoms with Crippen LogP contribution >= 0.6 is 11.8 Å². The highest BCUT2D eigenvalue weighted by molar-refractivity contribution is 8.00. The molecule has 1 aliphatic rings. The Labute approximate surface area is 286 Å². The number of aromatic nitrogens is 3. The molecule has 1 aromatic heterocycles. The molecule has 0 spiro atoms. The number of esters is 1. The molecule has 9 nitrogen and oxygen atoms in total. The summed E-state index contributed by atoms with van der Waals surface area (Å²) in [6.45, 7) is 3.85. The summed E-state index contributed by atoms with van der Waals surface area (Å²) >= 11 is 1.36.